The molecule has 0 radical (unpaired) electrons. The fourth-order valence-corrected chi connectivity index (χ4v) is 2.21. The monoisotopic (exact) mass is 247 g/mol. The summed E-state index contributed by atoms with van der Waals surface area (Å²) in [5, 5.41) is 0.914. The Morgan fingerprint density at radius 2 is 1.74 bits per heavy atom. The first-order valence-electron chi connectivity index (χ1n) is 5.97. The van der Waals surface area contributed by atoms with Crippen LogP contribution in [0.5, 0.6) is 0 Å². The van der Waals surface area contributed by atoms with E-state index in [1.54, 1.807) is 12.5 Å². The first-order chi connectivity index (χ1) is 9.43. The molecule has 0 amide bonds. The van der Waals surface area contributed by atoms with E-state index in [9.17, 15) is 0 Å². The summed E-state index contributed by atoms with van der Waals surface area (Å²) in [5.74, 6) is 0. The highest BCUT2D eigenvalue weighted by atomic mass is 16.3. The number of fused-ring (bicyclic) bond motifs is 3. The fraction of sp³-hybridized carbons (Fsp3) is 0. The molecule has 0 fully saturated rings. The Morgan fingerprint density at radius 3 is 2.63 bits per heavy atom. The number of aromatic nitrogens is 3. The molecule has 0 aliphatic carbocycles. The van der Waals surface area contributed by atoms with E-state index in [1.165, 1.54) is 0 Å². The number of benzene rings is 1. The van der Waals surface area contributed by atoms with E-state index in [0.717, 1.165) is 22.2 Å². The van der Waals surface area contributed by atoms with E-state index in [0.29, 0.717) is 11.3 Å². The van der Waals surface area contributed by atoms with E-state index in [-0.39, 0.29) is 0 Å². The van der Waals surface area contributed by atoms with E-state index in [2.05, 4.69) is 15.0 Å². The molecule has 0 aliphatic heterocycles. The summed E-state index contributed by atoms with van der Waals surface area (Å²) in [5.41, 5.74) is 3.88. The molecular weight excluding hydrogens is 238 g/mol. The Labute approximate surface area is 108 Å². The highest BCUT2D eigenvalue weighted by Crippen LogP contribution is 2.31. The summed E-state index contributed by atoms with van der Waals surface area (Å²) in [6, 6.07) is 13.8. The maximum absolute atomic E-state index is 5.80. The maximum atomic E-state index is 5.80. The van der Waals surface area contributed by atoms with Crippen molar-refractivity contribution in [1.82, 2.24) is 15.0 Å². The molecule has 4 aromatic rings. The minimum absolute atomic E-state index is 0.593. The molecular formula is C15H9N3O. The standard InChI is InChI=1S/C15H9N3O/c1-2-5-10(6-3-1)12-14-13(18-9-17-12)11-7-4-8-16-15(11)19-14/h1-9H. The molecule has 0 saturated carbocycles. The van der Waals surface area contributed by atoms with Gasteiger partial charge < -0.3 is 4.42 Å². The Balaban J connectivity index is 2.13. The molecule has 19 heavy (non-hydrogen) atoms. The van der Waals surface area contributed by atoms with Crippen molar-refractivity contribution in [1.29, 1.82) is 0 Å². The average molecular weight is 247 g/mol. The molecule has 3 aromatic heterocycles. The van der Waals surface area contributed by atoms with Gasteiger partial charge in [0.05, 0.1) is 5.39 Å². The van der Waals surface area contributed by atoms with Crippen LogP contribution in [0.1, 0.15) is 0 Å². The fourth-order valence-electron chi connectivity index (χ4n) is 2.21. The smallest absolute Gasteiger partial charge is 0.229 e. The largest absolute Gasteiger partial charge is 0.434 e. The second-order valence-corrected chi connectivity index (χ2v) is 4.22. The van der Waals surface area contributed by atoms with Crippen LogP contribution in [0.4, 0.5) is 0 Å². The lowest BCUT2D eigenvalue weighted by molar-refractivity contribution is 0.652. The minimum Gasteiger partial charge on any atom is -0.434 e. The zero-order valence-corrected chi connectivity index (χ0v) is 9.95. The van der Waals surface area contributed by atoms with E-state index >= 15 is 0 Å². The van der Waals surface area contributed by atoms with Gasteiger partial charge in [-0.3, -0.25) is 0 Å². The van der Waals surface area contributed by atoms with Gasteiger partial charge in [0, 0.05) is 11.8 Å². The summed E-state index contributed by atoms with van der Waals surface area (Å²) in [6.45, 7) is 0. The summed E-state index contributed by atoms with van der Waals surface area (Å²) in [4.78, 5) is 12.9. The van der Waals surface area contributed by atoms with Gasteiger partial charge in [0.1, 0.15) is 17.5 Å². The second kappa shape index (κ2) is 3.88. The minimum atomic E-state index is 0.593. The van der Waals surface area contributed by atoms with E-state index in [4.69, 9.17) is 4.42 Å². The highest BCUT2D eigenvalue weighted by molar-refractivity contribution is 6.04. The van der Waals surface area contributed by atoms with Crippen LogP contribution in [-0.2, 0) is 0 Å². The van der Waals surface area contributed by atoms with E-state index in [1.807, 2.05) is 42.5 Å². The van der Waals surface area contributed by atoms with Crippen molar-refractivity contribution in [3.63, 3.8) is 0 Å². The van der Waals surface area contributed by atoms with Gasteiger partial charge in [0.2, 0.25) is 5.71 Å². The summed E-state index contributed by atoms with van der Waals surface area (Å²) in [7, 11) is 0. The molecule has 0 saturated heterocycles. The quantitative estimate of drug-likeness (QED) is 0.517. The first kappa shape index (κ1) is 10.2. The molecule has 0 atom stereocenters. The SMILES string of the molecule is c1ccc(-c2ncnc3c2oc2ncccc23)cc1. The molecule has 4 nitrogen and oxygen atoms in total. The third kappa shape index (κ3) is 1.50. The Kier molecular flexibility index (Phi) is 2.08. The molecule has 0 spiro atoms. The van der Waals surface area contributed by atoms with Crippen LogP contribution in [0.3, 0.4) is 0 Å². The van der Waals surface area contributed by atoms with Crippen molar-refractivity contribution in [3.05, 3.63) is 55.0 Å². The molecule has 0 aliphatic rings. The van der Waals surface area contributed by atoms with Crippen molar-refractivity contribution >= 4 is 22.2 Å². The van der Waals surface area contributed by atoms with Crippen molar-refractivity contribution in [2.24, 2.45) is 0 Å². The van der Waals surface area contributed by atoms with Gasteiger partial charge in [-0.25, -0.2) is 15.0 Å². The molecule has 0 unspecified atom stereocenters. The van der Waals surface area contributed by atoms with Gasteiger partial charge in [0.15, 0.2) is 5.58 Å². The zero-order chi connectivity index (χ0) is 12.7. The number of rotatable bonds is 1. The number of furan rings is 1. The lowest BCUT2D eigenvalue weighted by Crippen LogP contribution is -1.85. The van der Waals surface area contributed by atoms with Gasteiger partial charge in [-0.1, -0.05) is 30.3 Å². The predicted octanol–water partition coefficient (Wildman–Crippen LogP) is 3.44. The molecule has 90 valence electrons. The van der Waals surface area contributed by atoms with Crippen molar-refractivity contribution in [3.8, 4) is 11.3 Å². The van der Waals surface area contributed by atoms with Crippen molar-refractivity contribution in [2.45, 2.75) is 0 Å². The summed E-state index contributed by atoms with van der Waals surface area (Å²) < 4.78 is 5.80. The number of pyridine rings is 1. The lowest BCUT2D eigenvalue weighted by Gasteiger charge is -1.99. The second-order valence-electron chi connectivity index (χ2n) is 4.22. The van der Waals surface area contributed by atoms with E-state index < -0.39 is 0 Å². The normalized spacial score (nSPS) is 11.2. The third-order valence-electron chi connectivity index (χ3n) is 3.08. The van der Waals surface area contributed by atoms with Crippen LogP contribution in [0.15, 0.2) is 59.4 Å². The first-order valence-corrected chi connectivity index (χ1v) is 5.97. The third-order valence-corrected chi connectivity index (χ3v) is 3.08. The Hall–Kier alpha value is -2.75. The molecule has 3 heterocycles. The topological polar surface area (TPSA) is 51.8 Å². The summed E-state index contributed by atoms with van der Waals surface area (Å²) >= 11 is 0. The van der Waals surface area contributed by atoms with Gasteiger partial charge in [-0.2, -0.15) is 0 Å². The van der Waals surface area contributed by atoms with Crippen LogP contribution in [0.2, 0.25) is 0 Å². The lowest BCUT2D eigenvalue weighted by atomic mass is 10.1. The van der Waals surface area contributed by atoms with Crippen LogP contribution in [0, 0.1) is 0 Å². The summed E-state index contributed by atoms with van der Waals surface area (Å²) in [6.07, 6.45) is 3.27. The van der Waals surface area contributed by atoms with Crippen LogP contribution < -0.4 is 0 Å². The van der Waals surface area contributed by atoms with Gasteiger partial charge in [0.25, 0.3) is 0 Å². The van der Waals surface area contributed by atoms with Crippen molar-refractivity contribution in [2.75, 3.05) is 0 Å². The van der Waals surface area contributed by atoms with Crippen LogP contribution in [-0.4, -0.2) is 15.0 Å². The Morgan fingerprint density at radius 1 is 0.842 bits per heavy atom. The predicted molar refractivity (Wildman–Crippen MR) is 72.5 cm³/mol. The molecule has 4 heteroatoms. The van der Waals surface area contributed by atoms with Gasteiger partial charge in [-0.05, 0) is 12.1 Å². The number of hydrogen-bond acceptors (Lipinski definition) is 4. The molecule has 1 aromatic carbocycles. The van der Waals surface area contributed by atoms with Crippen molar-refractivity contribution < 1.29 is 4.42 Å². The molecule has 0 N–H and O–H groups in total. The highest BCUT2D eigenvalue weighted by Gasteiger charge is 2.14. The zero-order valence-electron chi connectivity index (χ0n) is 9.95. The maximum Gasteiger partial charge on any atom is 0.229 e. The Bertz CT molecular complexity index is 868. The molecule has 0 bridgehead atoms. The van der Waals surface area contributed by atoms with Gasteiger partial charge in [-0.15, -0.1) is 0 Å². The van der Waals surface area contributed by atoms with Gasteiger partial charge >= 0.3 is 0 Å². The van der Waals surface area contributed by atoms with Crippen LogP contribution in [0.25, 0.3) is 33.5 Å². The number of nitrogens with zero attached hydrogens (tertiary/aromatic N) is 3. The molecule has 4 rings (SSSR count). The average Bonchev–Trinajstić information content (AvgIpc) is 2.87. The van der Waals surface area contributed by atoms with Crippen LogP contribution >= 0.6 is 0 Å². The number of hydrogen-bond donors (Lipinski definition) is 0.